The van der Waals surface area contributed by atoms with Crippen LogP contribution < -0.4 is 5.32 Å². The molecule has 0 aromatic heterocycles. The molecular weight excluding hydrogens is 206 g/mol. The van der Waals surface area contributed by atoms with E-state index in [1.165, 1.54) is 24.8 Å². The molecule has 1 aromatic carbocycles. The van der Waals surface area contributed by atoms with E-state index in [4.69, 9.17) is 11.6 Å². The summed E-state index contributed by atoms with van der Waals surface area (Å²) < 4.78 is 0. The first kappa shape index (κ1) is 12.1. The Morgan fingerprint density at radius 3 is 2.53 bits per heavy atom. The van der Waals surface area contributed by atoms with Gasteiger partial charge in [-0.15, -0.1) is 0 Å². The second-order valence-electron chi connectivity index (χ2n) is 3.67. The number of benzene rings is 1. The first-order chi connectivity index (χ1) is 7.22. The highest BCUT2D eigenvalue weighted by atomic mass is 35.5. The molecule has 15 heavy (non-hydrogen) atoms. The van der Waals surface area contributed by atoms with Crippen molar-refractivity contribution in [1.82, 2.24) is 0 Å². The maximum atomic E-state index is 5.67. The van der Waals surface area contributed by atoms with Crippen molar-refractivity contribution in [3.05, 3.63) is 41.4 Å². The van der Waals surface area contributed by atoms with Crippen LogP contribution in [0.3, 0.4) is 0 Å². The number of aryl methyl sites for hydroxylation is 1. The lowest BCUT2D eigenvalue weighted by Crippen LogP contribution is -2.00. The van der Waals surface area contributed by atoms with E-state index in [1.54, 1.807) is 0 Å². The van der Waals surface area contributed by atoms with E-state index in [0.29, 0.717) is 11.6 Å². The van der Waals surface area contributed by atoms with E-state index in [-0.39, 0.29) is 0 Å². The summed E-state index contributed by atoms with van der Waals surface area (Å²) in [6.07, 6.45) is 3.66. The summed E-state index contributed by atoms with van der Waals surface area (Å²) in [4.78, 5) is 0. The number of nitrogens with one attached hydrogen (secondary N) is 1. The van der Waals surface area contributed by atoms with Gasteiger partial charge in [-0.2, -0.15) is 0 Å². The molecule has 2 heteroatoms. The van der Waals surface area contributed by atoms with Crippen molar-refractivity contribution in [3.8, 4) is 0 Å². The van der Waals surface area contributed by atoms with Crippen molar-refractivity contribution in [2.75, 3.05) is 11.9 Å². The van der Waals surface area contributed by atoms with Crippen LogP contribution in [0.1, 0.15) is 25.3 Å². The maximum Gasteiger partial charge on any atom is 0.0501 e. The molecule has 0 bridgehead atoms. The largest absolute Gasteiger partial charge is 0.380 e. The zero-order valence-electron chi connectivity index (χ0n) is 9.22. The highest BCUT2D eigenvalue weighted by Crippen LogP contribution is 2.12. The lowest BCUT2D eigenvalue weighted by molar-refractivity contribution is 0.795. The van der Waals surface area contributed by atoms with Crippen molar-refractivity contribution in [2.24, 2.45) is 0 Å². The second kappa shape index (κ2) is 6.52. The maximum absolute atomic E-state index is 5.67. The van der Waals surface area contributed by atoms with Crippen molar-refractivity contribution >= 4 is 17.3 Å². The second-order valence-corrected chi connectivity index (χ2v) is 4.21. The minimum Gasteiger partial charge on any atom is -0.380 e. The predicted molar refractivity (Wildman–Crippen MR) is 68.5 cm³/mol. The SMILES string of the molecule is C=C(Cl)CNc1ccc(CCCC)cc1. The molecule has 0 aliphatic rings. The van der Waals surface area contributed by atoms with E-state index in [1.807, 2.05) is 0 Å². The highest BCUT2D eigenvalue weighted by Gasteiger charge is 1.94. The zero-order valence-corrected chi connectivity index (χ0v) is 9.98. The molecule has 1 nitrogen and oxygen atoms in total. The van der Waals surface area contributed by atoms with Gasteiger partial charge < -0.3 is 5.32 Å². The van der Waals surface area contributed by atoms with Gasteiger partial charge in [0.1, 0.15) is 0 Å². The van der Waals surface area contributed by atoms with Crippen LogP contribution in [0.25, 0.3) is 0 Å². The number of hydrogen-bond acceptors (Lipinski definition) is 1. The van der Waals surface area contributed by atoms with Crippen molar-refractivity contribution in [3.63, 3.8) is 0 Å². The molecule has 0 spiro atoms. The minimum absolute atomic E-state index is 0.621. The zero-order chi connectivity index (χ0) is 11.1. The van der Waals surface area contributed by atoms with E-state index in [2.05, 4.69) is 43.1 Å². The fraction of sp³-hybridized carbons (Fsp3) is 0.385. The Kier molecular flexibility index (Phi) is 5.27. The molecule has 1 N–H and O–H groups in total. The standard InChI is InChI=1S/C13H18ClN/c1-3-4-5-12-6-8-13(9-7-12)15-10-11(2)14/h6-9,15H,2-5,10H2,1H3. The quantitative estimate of drug-likeness (QED) is 0.763. The fourth-order valence-electron chi connectivity index (χ4n) is 1.37. The smallest absolute Gasteiger partial charge is 0.0501 e. The molecule has 0 fully saturated rings. The third-order valence-corrected chi connectivity index (χ3v) is 2.39. The molecular formula is C13H18ClN. The Bertz CT molecular complexity index is 303. The Morgan fingerprint density at radius 2 is 2.00 bits per heavy atom. The summed E-state index contributed by atoms with van der Waals surface area (Å²) in [5.74, 6) is 0. The molecule has 0 aliphatic heterocycles. The Balaban J connectivity index is 2.45. The minimum atomic E-state index is 0.621. The predicted octanol–water partition coefficient (Wildman–Crippen LogP) is 4.19. The van der Waals surface area contributed by atoms with Crippen LogP contribution in [0.15, 0.2) is 35.9 Å². The van der Waals surface area contributed by atoms with E-state index < -0.39 is 0 Å². The molecule has 0 radical (unpaired) electrons. The average Bonchev–Trinajstić information content (AvgIpc) is 2.25. The van der Waals surface area contributed by atoms with Gasteiger partial charge in [-0.25, -0.2) is 0 Å². The molecule has 0 unspecified atom stereocenters. The number of halogens is 1. The average molecular weight is 224 g/mol. The van der Waals surface area contributed by atoms with Gasteiger partial charge in [0, 0.05) is 10.7 Å². The first-order valence-corrected chi connectivity index (χ1v) is 5.76. The Labute approximate surface area is 97.1 Å². The van der Waals surface area contributed by atoms with Gasteiger partial charge in [0.25, 0.3) is 0 Å². The van der Waals surface area contributed by atoms with Gasteiger partial charge in [0.2, 0.25) is 0 Å². The van der Waals surface area contributed by atoms with Crippen LogP contribution >= 0.6 is 11.6 Å². The first-order valence-electron chi connectivity index (χ1n) is 5.38. The van der Waals surface area contributed by atoms with Gasteiger partial charge in [0.15, 0.2) is 0 Å². The lowest BCUT2D eigenvalue weighted by Gasteiger charge is -2.06. The van der Waals surface area contributed by atoms with Gasteiger partial charge in [-0.3, -0.25) is 0 Å². The van der Waals surface area contributed by atoms with Gasteiger partial charge >= 0.3 is 0 Å². The topological polar surface area (TPSA) is 12.0 Å². The van der Waals surface area contributed by atoms with Crippen molar-refractivity contribution < 1.29 is 0 Å². The third kappa shape index (κ3) is 4.89. The molecule has 0 saturated heterocycles. The van der Waals surface area contributed by atoms with Crippen LogP contribution in [-0.4, -0.2) is 6.54 Å². The summed E-state index contributed by atoms with van der Waals surface area (Å²) in [7, 11) is 0. The summed E-state index contributed by atoms with van der Waals surface area (Å²) in [6, 6.07) is 8.50. The molecule has 0 amide bonds. The van der Waals surface area contributed by atoms with Crippen LogP contribution in [-0.2, 0) is 6.42 Å². The number of anilines is 1. The van der Waals surface area contributed by atoms with E-state index >= 15 is 0 Å². The molecule has 1 aromatic rings. The van der Waals surface area contributed by atoms with E-state index in [0.717, 1.165) is 5.69 Å². The van der Waals surface area contributed by atoms with Crippen molar-refractivity contribution in [2.45, 2.75) is 26.2 Å². The number of rotatable bonds is 6. The summed E-state index contributed by atoms with van der Waals surface area (Å²) >= 11 is 5.67. The molecule has 1 rings (SSSR count). The van der Waals surface area contributed by atoms with Crippen molar-refractivity contribution in [1.29, 1.82) is 0 Å². The van der Waals surface area contributed by atoms with Crippen LogP contribution in [0, 0.1) is 0 Å². The van der Waals surface area contributed by atoms with Crippen LogP contribution in [0.5, 0.6) is 0 Å². The Hall–Kier alpha value is -0.950. The summed E-state index contributed by atoms with van der Waals surface area (Å²) in [5, 5.41) is 3.83. The molecule has 82 valence electrons. The molecule has 0 heterocycles. The molecule has 0 saturated carbocycles. The molecule has 0 atom stereocenters. The third-order valence-electron chi connectivity index (χ3n) is 2.26. The van der Waals surface area contributed by atoms with E-state index in [9.17, 15) is 0 Å². The van der Waals surface area contributed by atoms with Gasteiger partial charge in [-0.05, 0) is 30.5 Å². The fourth-order valence-corrected chi connectivity index (χ4v) is 1.43. The number of unbranched alkanes of at least 4 members (excludes halogenated alkanes) is 1. The van der Waals surface area contributed by atoms with Gasteiger partial charge in [0.05, 0.1) is 6.54 Å². The monoisotopic (exact) mass is 223 g/mol. The summed E-state index contributed by atoms with van der Waals surface area (Å²) in [6.45, 7) is 6.46. The van der Waals surface area contributed by atoms with Crippen LogP contribution in [0.4, 0.5) is 5.69 Å². The molecule has 0 aliphatic carbocycles. The van der Waals surface area contributed by atoms with Gasteiger partial charge in [-0.1, -0.05) is 43.7 Å². The lowest BCUT2D eigenvalue weighted by atomic mass is 10.1. The Morgan fingerprint density at radius 1 is 1.33 bits per heavy atom. The van der Waals surface area contributed by atoms with Crippen LogP contribution in [0.2, 0.25) is 0 Å². The summed E-state index contributed by atoms with van der Waals surface area (Å²) in [5.41, 5.74) is 2.49. The number of hydrogen-bond donors (Lipinski definition) is 1. The highest BCUT2D eigenvalue weighted by molar-refractivity contribution is 6.29. The normalized spacial score (nSPS) is 10.0.